The van der Waals surface area contributed by atoms with E-state index in [0.717, 1.165) is 10.6 Å². The van der Waals surface area contributed by atoms with Crippen LogP contribution in [0.5, 0.6) is 0 Å². The number of benzene rings is 2. The summed E-state index contributed by atoms with van der Waals surface area (Å²) < 4.78 is 25.7. The molecule has 0 radical (unpaired) electrons. The number of rotatable bonds is 6. The van der Waals surface area contributed by atoms with E-state index in [1.54, 1.807) is 30.3 Å². The molecule has 2 fully saturated rings. The van der Waals surface area contributed by atoms with Crippen molar-refractivity contribution in [3.05, 3.63) is 53.4 Å². The first-order chi connectivity index (χ1) is 18.9. The smallest absolute Gasteiger partial charge is 0.323 e. The van der Waals surface area contributed by atoms with Gasteiger partial charge in [0, 0.05) is 36.6 Å². The van der Waals surface area contributed by atoms with E-state index in [2.05, 4.69) is 20.5 Å². The lowest BCUT2D eigenvalue weighted by Gasteiger charge is -2.33. The van der Waals surface area contributed by atoms with Gasteiger partial charge in [-0.3, -0.25) is 0 Å². The van der Waals surface area contributed by atoms with Crippen LogP contribution >= 0.6 is 23.4 Å². The Hall–Kier alpha value is -3.16. The Morgan fingerprint density at radius 3 is 2.51 bits per heavy atom. The van der Waals surface area contributed by atoms with Gasteiger partial charge in [-0.05, 0) is 48.7 Å². The molecular weight excluding hydrogens is 547 g/mol. The van der Waals surface area contributed by atoms with E-state index in [4.69, 9.17) is 26.1 Å². The van der Waals surface area contributed by atoms with E-state index in [-0.39, 0.29) is 12.3 Å². The van der Waals surface area contributed by atoms with Gasteiger partial charge < -0.3 is 35.0 Å². The summed E-state index contributed by atoms with van der Waals surface area (Å²) in [4.78, 5) is 26.3. The Morgan fingerprint density at radius 2 is 1.82 bits per heavy atom. The third kappa shape index (κ3) is 6.36. The molecule has 5 rings (SSSR count). The normalized spacial score (nSPS) is 17.7. The first kappa shape index (κ1) is 27.4. The average Bonchev–Trinajstić information content (AvgIpc) is 2.95. The first-order valence-electron chi connectivity index (χ1n) is 12.4. The number of carbonyl (C=O) groups is 1. The number of ether oxygens (including phenoxy) is 2. The number of anilines is 4. The Kier molecular flexibility index (Phi) is 8.68. The molecule has 1 atom stereocenters. The zero-order valence-corrected chi connectivity index (χ0v) is 22.8. The number of morpholine rings is 2. The van der Waals surface area contributed by atoms with Gasteiger partial charge in [0.25, 0.3) is 0 Å². The highest BCUT2D eigenvalue weighted by molar-refractivity contribution is 7.98. The molecule has 2 aliphatic rings. The molecule has 2 saturated heterocycles. The second-order valence-corrected chi connectivity index (χ2v) is 10.0. The number of nitrogens with zero attached hydrogens (tertiary/aromatic N) is 4. The maximum absolute atomic E-state index is 15.0. The molecule has 0 spiro atoms. The summed E-state index contributed by atoms with van der Waals surface area (Å²) in [6.45, 7) is 3.85. The lowest BCUT2D eigenvalue weighted by molar-refractivity contribution is 0.00633. The van der Waals surface area contributed by atoms with Crippen molar-refractivity contribution in [3.63, 3.8) is 0 Å². The maximum atomic E-state index is 15.0. The molecule has 2 aromatic carbocycles. The number of halogens is 2. The van der Waals surface area contributed by atoms with Crippen molar-refractivity contribution in [3.8, 4) is 11.4 Å². The fraction of sp³-hybridized carbons (Fsp3) is 0.346. The molecule has 13 heteroatoms. The van der Waals surface area contributed by atoms with E-state index >= 15 is 4.39 Å². The molecule has 0 bridgehead atoms. The molecule has 2 amide bonds. The van der Waals surface area contributed by atoms with Crippen LogP contribution in [0, 0.1) is 5.82 Å². The molecule has 2 aliphatic heterocycles. The number of aliphatic hydroxyl groups is 1. The van der Waals surface area contributed by atoms with E-state index in [9.17, 15) is 9.90 Å². The van der Waals surface area contributed by atoms with Gasteiger partial charge in [-0.25, -0.2) is 19.2 Å². The lowest BCUT2D eigenvalue weighted by Crippen LogP contribution is -2.45. The molecule has 39 heavy (non-hydrogen) atoms. The van der Waals surface area contributed by atoms with Gasteiger partial charge in [-0.2, -0.15) is 0 Å². The Labute approximate surface area is 234 Å². The van der Waals surface area contributed by atoms with E-state index in [1.165, 1.54) is 23.9 Å². The highest BCUT2D eigenvalue weighted by Crippen LogP contribution is 2.35. The molecule has 206 valence electrons. The van der Waals surface area contributed by atoms with Crippen molar-refractivity contribution in [2.75, 3.05) is 72.8 Å². The zero-order valence-electron chi connectivity index (χ0n) is 21.2. The molecular formula is C26H28ClFN6O4S. The molecule has 0 aliphatic carbocycles. The number of hydrogen-bond donors (Lipinski definition) is 3. The van der Waals surface area contributed by atoms with Crippen LogP contribution in [0.25, 0.3) is 11.4 Å². The first-order valence-corrected chi connectivity index (χ1v) is 14.0. The lowest BCUT2D eigenvalue weighted by atomic mass is 10.2. The average molecular weight is 575 g/mol. The summed E-state index contributed by atoms with van der Waals surface area (Å²) >= 11 is 7.93. The van der Waals surface area contributed by atoms with Crippen molar-refractivity contribution in [1.29, 1.82) is 0 Å². The van der Waals surface area contributed by atoms with Crippen LogP contribution in [0.1, 0.15) is 0 Å². The van der Waals surface area contributed by atoms with Gasteiger partial charge in [0.05, 0.1) is 37.0 Å². The molecule has 10 nitrogen and oxygen atoms in total. The highest BCUT2D eigenvalue weighted by atomic mass is 35.5. The fourth-order valence-electron chi connectivity index (χ4n) is 4.37. The predicted octanol–water partition coefficient (Wildman–Crippen LogP) is 4.29. The van der Waals surface area contributed by atoms with Gasteiger partial charge in [-0.15, -0.1) is 11.8 Å². The van der Waals surface area contributed by atoms with Gasteiger partial charge in [0.1, 0.15) is 16.8 Å². The second-order valence-electron chi connectivity index (χ2n) is 8.86. The Morgan fingerprint density at radius 1 is 1.08 bits per heavy atom. The number of aliphatic hydroxyl groups excluding tert-OH is 1. The zero-order chi connectivity index (χ0) is 27.4. The second kappa shape index (κ2) is 12.3. The van der Waals surface area contributed by atoms with Crippen LogP contribution in [0.4, 0.5) is 32.1 Å². The minimum atomic E-state index is -0.720. The van der Waals surface area contributed by atoms with Crippen molar-refractivity contribution in [2.45, 2.75) is 11.1 Å². The number of hydrogen-bond acceptors (Lipinski definition) is 9. The number of amides is 2. The molecule has 1 unspecified atom stereocenters. The Balaban J connectivity index is 1.27. The minimum Gasteiger partial charge on any atom is -0.378 e. The summed E-state index contributed by atoms with van der Waals surface area (Å²) in [5, 5.41) is 15.6. The van der Waals surface area contributed by atoms with Crippen LogP contribution in [0.2, 0.25) is 5.15 Å². The topological polar surface area (TPSA) is 112 Å². The van der Waals surface area contributed by atoms with Crippen molar-refractivity contribution in [2.24, 2.45) is 0 Å². The summed E-state index contributed by atoms with van der Waals surface area (Å²) in [6.07, 6.45) is 1.19. The number of thioether (sulfide) groups is 1. The van der Waals surface area contributed by atoms with Crippen LogP contribution < -0.4 is 20.4 Å². The maximum Gasteiger partial charge on any atom is 0.323 e. The molecule has 3 aromatic rings. The molecule has 0 saturated carbocycles. The van der Waals surface area contributed by atoms with Gasteiger partial charge in [0.15, 0.2) is 12.1 Å². The van der Waals surface area contributed by atoms with E-state index in [1.807, 2.05) is 11.2 Å². The predicted molar refractivity (Wildman–Crippen MR) is 151 cm³/mol. The van der Waals surface area contributed by atoms with Crippen molar-refractivity contribution < 1.29 is 23.8 Å². The van der Waals surface area contributed by atoms with Crippen LogP contribution in [0.15, 0.2) is 47.4 Å². The van der Waals surface area contributed by atoms with E-state index < -0.39 is 18.1 Å². The summed E-state index contributed by atoms with van der Waals surface area (Å²) in [7, 11) is 0. The summed E-state index contributed by atoms with van der Waals surface area (Å²) in [6, 6.07) is 10.8. The largest absolute Gasteiger partial charge is 0.378 e. The molecule has 3 heterocycles. The third-order valence-electron chi connectivity index (χ3n) is 6.36. The number of carbonyl (C=O) groups excluding carboxylic acids is 1. The monoisotopic (exact) mass is 574 g/mol. The van der Waals surface area contributed by atoms with Crippen LogP contribution in [-0.2, 0) is 9.47 Å². The fourth-order valence-corrected chi connectivity index (χ4v) is 5.34. The van der Waals surface area contributed by atoms with Crippen LogP contribution in [-0.4, -0.2) is 79.7 Å². The number of nitrogens with one attached hydrogen (secondary N) is 2. The standard InChI is InChI=1S/C26H28ClFN6O4S/c1-39-22-23(27)31-24(32-25(22)33-8-11-37-12-9-33)16-2-7-20(19(28)14-16)30-26(36)29-17-3-5-18(6-4-17)34-10-13-38-15-21(34)35/h2-7,14,21,35H,8-13,15H2,1H3,(H2,29,30,36). The summed E-state index contributed by atoms with van der Waals surface area (Å²) in [5.74, 6) is 0.345. The van der Waals surface area contributed by atoms with Crippen molar-refractivity contribution in [1.82, 2.24) is 9.97 Å². The van der Waals surface area contributed by atoms with Gasteiger partial charge in [-0.1, -0.05) is 11.6 Å². The Bertz CT molecular complexity index is 1330. The highest BCUT2D eigenvalue weighted by Gasteiger charge is 2.22. The van der Waals surface area contributed by atoms with Gasteiger partial charge in [0.2, 0.25) is 0 Å². The number of urea groups is 1. The number of aromatic nitrogens is 2. The third-order valence-corrected chi connectivity index (χ3v) is 7.53. The van der Waals surface area contributed by atoms with Crippen molar-refractivity contribution >= 4 is 52.3 Å². The molecule has 1 aromatic heterocycles. The molecule has 3 N–H and O–H groups in total. The minimum absolute atomic E-state index is 0.00421. The van der Waals surface area contributed by atoms with E-state index in [0.29, 0.717) is 67.5 Å². The summed E-state index contributed by atoms with van der Waals surface area (Å²) in [5.41, 5.74) is 1.76. The quantitative estimate of drug-likeness (QED) is 0.293. The van der Waals surface area contributed by atoms with Crippen LogP contribution in [0.3, 0.4) is 0 Å². The SMILES string of the molecule is CSc1c(Cl)nc(-c2ccc(NC(=O)Nc3ccc(N4CCOCC4O)cc3)c(F)c2)nc1N1CCOCC1. The van der Waals surface area contributed by atoms with Gasteiger partial charge >= 0.3 is 6.03 Å².